The van der Waals surface area contributed by atoms with Crippen LogP contribution in [0.15, 0.2) is 93.4 Å². The van der Waals surface area contributed by atoms with E-state index in [-0.39, 0.29) is 23.0 Å². The van der Waals surface area contributed by atoms with Crippen LogP contribution in [0, 0.1) is 0 Å². The van der Waals surface area contributed by atoms with Gasteiger partial charge in [0, 0.05) is 36.1 Å². The Balaban J connectivity index is 0.00000353. The number of H-pyrrole nitrogens is 1. The number of benzene rings is 3. The van der Waals surface area contributed by atoms with Gasteiger partial charge in [-0.25, -0.2) is 0 Å². The van der Waals surface area contributed by atoms with E-state index in [1.165, 1.54) is 4.68 Å². The number of anilines is 1. The molecule has 0 saturated carbocycles. The van der Waals surface area contributed by atoms with Gasteiger partial charge in [0.05, 0.1) is 28.7 Å². The lowest BCUT2D eigenvalue weighted by molar-refractivity contribution is -0.284. The highest BCUT2D eigenvalue weighted by Gasteiger charge is 2.24. The number of hydrogen-bond donors (Lipinski definition) is 2. The number of aromatic nitrogens is 2. The molecule has 1 aliphatic rings. The summed E-state index contributed by atoms with van der Waals surface area (Å²) in [5, 5.41) is 17.0. The Morgan fingerprint density at radius 2 is 1.79 bits per heavy atom. The second kappa shape index (κ2) is 12.8. The molecule has 206 valence electrons. The van der Waals surface area contributed by atoms with Gasteiger partial charge in [-0.3, -0.25) is 14.6 Å². The number of nitrogens with one attached hydrogen (secondary N) is 1. The van der Waals surface area contributed by atoms with Gasteiger partial charge in [0.2, 0.25) is 0 Å². The molecule has 1 aliphatic heterocycles. The standard InChI is InChI=1S/C29H31ClN4O3S.H3N/c1-32(2)18-23-19-33(15-16-37-23)22-12-8-11-21(17-22)26(20-9-4-3-5-10-20)34-29(36)27(28(35)31-34)38-25-14-7-6-13-24(25)30;/h3-14,17,23,26,36H,15-16,18-19H2,1-2H3,(H,31,35);1H3/p-1. The number of hydrogen-bond acceptors (Lipinski definition) is 7. The fourth-order valence-corrected chi connectivity index (χ4v) is 5.92. The summed E-state index contributed by atoms with van der Waals surface area (Å²) in [4.78, 5) is 18.2. The quantitative estimate of drug-likeness (QED) is 0.320. The summed E-state index contributed by atoms with van der Waals surface area (Å²) < 4.78 is 7.40. The Bertz CT molecular complexity index is 1440. The van der Waals surface area contributed by atoms with Crippen molar-refractivity contribution in [2.45, 2.75) is 21.9 Å². The molecule has 2 atom stereocenters. The molecule has 4 aromatic rings. The predicted molar refractivity (Wildman–Crippen MR) is 156 cm³/mol. The van der Waals surface area contributed by atoms with Gasteiger partial charge in [-0.1, -0.05) is 78.0 Å². The average Bonchev–Trinajstić information content (AvgIpc) is 3.19. The van der Waals surface area contributed by atoms with E-state index in [0.717, 1.165) is 48.2 Å². The van der Waals surface area contributed by atoms with Crippen LogP contribution >= 0.6 is 23.4 Å². The second-order valence-electron chi connectivity index (χ2n) is 9.59. The molecule has 5 rings (SSSR count). The molecule has 0 spiro atoms. The molecule has 0 bridgehead atoms. The van der Waals surface area contributed by atoms with Crippen molar-refractivity contribution in [3.8, 4) is 5.88 Å². The number of rotatable bonds is 8. The van der Waals surface area contributed by atoms with Crippen molar-refractivity contribution < 1.29 is 9.84 Å². The summed E-state index contributed by atoms with van der Waals surface area (Å²) in [5.74, 6) is -0.378. The van der Waals surface area contributed by atoms with Gasteiger partial charge >= 0.3 is 0 Å². The fraction of sp³-hybridized carbons (Fsp3) is 0.276. The number of morpholine rings is 1. The van der Waals surface area contributed by atoms with Crippen LogP contribution in [-0.4, -0.2) is 61.1 Å². The lowest BCUT2D eigenvalue weighted by atomic mass is 9.98. The van der Waals surface area contributed by atoms with E-state index in [4.69, 9.17) is 16.3 Å². The zero-order valence-corrected chi connectivity index (χ0v) is 23.6. The van der Waals surface area contributed by atoms with E-state index in [1.54, 1.807) is 12.1 Å². The van der Waals surface area contributed by atoms with Crippen molar-refractivity contribution in [3.05, 3.63) is 105 Å². The summed E-state index contributed by atoms with van der Waals surface area (Å²) in [5.41, 5.74) is 2.43. The van der Waals surface area contributed by atoms with E-state index < -0.39 is 11.6 Å². The van der Waals surface area contributed by atoms with Crippen molar-refractivity contribution in [1.82, 2.24) is 20.8 Å². The minimum atomic E-state index is -0.504. The van der Waals surface area contributed by atoms with E-state index in [9.17, 15) is 9.90 Å². The largest absolute Gasteiger partial charge is 0.858 e. The van der Waals surface area contributed by atoms with Crippen molar-refractivity contribution in [2.75, 3.05) is 45.2 Å². The van der Waals surface area contributed by atoms with Gasteiger partial charge in [-0.05, 0) is 49.5 Å². The lowest BCUT2D eigenvalue weighted by Gasteiger charge is -2.36. The van der Waals surface area contributed by atoms with Gasteiger partial charge < -0.3 is 25.8 Å². The molecule has 1 fully saturated rings. The molecule has 1 aromatic heterocycles. The van der Waals surface area contributed by atoms with Crippen LogP contribution in [-0.2, 0) is 4.74 Å². The Morgan fingerprint density at radius 1 is 1.08 bits per heavy atom. The summed E-state index contributed by atoms with van der Waals surface area (Å²) in [6.45, 7) is 3.07. The third kappa shape index (κ3) is 6.51. The van der Waals surface area contributed by atoms with Crippen LogP contribution < -0.4 is 21.7 Å². The molecular formula is C29H33ClN5O3S-. The normalized spacial score (nSPS) is 16.2. The molecule has 0 aliphatic carbocycles. The smallest absolute Gasteiger partial charge is 0.277 e. The summed E-state index contributed by atoms with van der Waals surface area (Å²) >= 11 is 7.40. The summed E-state index contributed by atoms with van der Waals surface area (Å²) in [6, 6.07) is 24.6. The van der Waals surface area contributed by atoms with Gasteiger partial charge in [0.25, 0.3) is 5.56 Å². The van der Waals surface area contributed by atoms with E-state index in [0.29, 0.717) is 16.5 Å². The molecule has 1 saturated heterocycles. The topological polar surface area (TPSA) is 112 Å². The minimum Gasteiger partial charge on any atom is -0.858 e. The van der Waals surface area contributed by atoms with Crippen LogP contribution in [0.5, 0.6) is 5.88 Å². The third-order valence-electron chi connectivity index (χ3n) is 6.52. The first kappa shape index (κ1) is 28.8. The van der Waals surface area contributed by atoms with Gasteiger partial charge in [-0.2, -0.15) is 0 Å². The number of likely N-dealkylation sites (N-methyl/N-ethyl adjacent to an activating group) is 1. The van der Waals surface area contributed by atoms with E-state index >= 15 is 0 Å². The maximum Gasteiger partial charge on any atom is 0.277 e. The number of halogens is 1. The Morgan fingerprint density at radius 3 is 2.54 bits per heavy atom. The number of nitrogens with zero attached hydrogens (tertiary/aromatic N) is 3. The first-order chi connectivity index (χ1) is 18.4. The van der Waals surface area contributed by atoms with Gasteiger partial charge in [0.15, 0.2) is 0 Å². The fourth-order valence-electron chi connectivity index (χ4n) is 4.82. The first-order valence-electron chi connectivity index (χ1n) is 12.5. The Kier molecular flexibility index (Phi) is 9.42. The average molecular weight is 567 g/mol. The lowest BCUT2D eigenvalue weighted by Crippen LogP contribution is -2.46. The molecule has 8 nitrogen and oxygen atoms in total. The minimum absolute atomic E-state index is 0. The first-order valence-corrected chi connectivity index (χ1v) is 13.7. The monoisotopic (exact) mass is 566 g/mol. The zero-order valence-electron chi connectivity index (χ0n) is 22.0. The van der Waals surface area contributed by atoms with E-state index in [1.807, 2.05) is 68.7 Å². The second-order valence-corrected chi connectivity index (χ2v) is 11.0. The highest BCUT2D eigenvalue weighted by molar-refractivity contribution is 7.99. The van der Waals surface area contributed by atoms with Crippen LogP contribution in [0.4, 0.5) is 5.69 Å². The molecule has 2 unspecified atom stereocenters. The van der Waals surface area contributed by atoms with Crippen molar-refractivity contribution in [2.24, 2.45) is 0 Å². The highest BCUT2D eigenvalue weighted by Crippen LogP contribution is 2.38. The SMILES string of the molecule is CN(C)CC1CN(c2cccc(C(c3ccccc3)n3[nH]c(=O)c(Sc4ccccc4Cl)c3[O-])c2)CCO1.N. The van der Waals surface area contributed by atoms with Crippen LogP contribution in [0.2, 0.25) is 5.02 Å². The number of aromatic amines is 1. The van der Waals surface area contributed by atoms with Crippen LogP contribution in [0.3, 0.4) is 0 Å². The molecule has 2 heterocycles. The maximum absolute atomic E-state index is 13.7. The van der Waals surface area contributed by atoms with E-state index in [2.05, 4.69) is 27.0 Å². The van der Waals surface area contributed by atoms with Crippen LogP contribution in [0.1, 0.15) is 17.2 Å². The molecule has 3 aromatic carbocycles. The molecular weight excluding hydrogens is 534 g/mol. The molecule has 0 amide bonds. The predicted octanol–water partition coefficient (Wildman–Crippen LogP) is 4.62. The molecule has 10 heteroatoms. The molecule has 39 heavy (non-hydrogen) atoms. The van der Waals surface area contributed by atoms with Gasteiger partial charge in [0.1, 0.15) is 0 Å². The Hall–Kier alpha value is -3.21. The van der Waals surface area contributed by atoms with Crippen LogP contribution in [0.25, 0.3) is 0 Å². The zero-order chi connectivity index (χ0) is 26.6. The van der Waals surface area contributed by atoms with Crippen molar-refractivity contribution in [1.29, 1.82) is 0 Å². The van der Waals surface area contributed by atoms with Crippen molar-refractivity contribution in [3.63, 3.8) is 0 Å². The third-order valence-corrected chi connectivity index (χ3v) is 8.10. The maximum atomic E-state index is 13.7. The number of ether oxygens (including phenoxy) is 1. The molecule has 0 radical (unpaired) electrons. The summed E-state index contributed by atoms with van der Waals surface area (Å²) in [6.07, 6.45) is 0.116. The highest BCUT2D eigenvalue weighted by atomic mass is 35.5. The van der Waals surface area contributed by atoms with Crippen molar-refractivity contribution >= 4 is 29.1 Å². The Labute approximate surface area is 237 Å². The summed E-state index contributed by atoms with van der Waals surface area (Å²) in [7, 11) is 4.09. The molecule has 4 N–H and O–H groups in total. The van der Waals surface area contributed by atoms with Gasteiger partial charge in [-0.15, -0.1) is 0 Å².